The van der Waals surface area contributed by atoms with Crippen LogP contribution in [0.3, 0.4) is 0 Å². The van der Waals surface area contributed by atoms with Gasteiger partial charge in [0.2, 0.25) is 0 Å². The minimum absolute atomic E-state index is 0. The molecule has 0 radical (unpaired) electrons. The van der Waals surface area contributed by atoms with Crippen LogP contribution in [0.1, 0.15) is 0 Å². The summed E-state index contributed by atoms with van der Waals surface area (Å²) in [5.41, 5.74) is 0. The molecule has 0 fully saturated rings. The monoisotopic (exact) mass is 911 g/mol. The van der Waals surface area contributed by atoms with Gasteiger partial charge < -0.3 is 7.43 Å². The van der Waals surface area contributed by atoms with Gasteiger partial charge in [0.25, 0.3) is 0 Å². The van der Waals surface area contributed by atoms with Crippen molar-refractivity contribution in [3.05, 3.63) is 280 Å². The summed E-state index contributed by atoms with van der Waals surface area (Å²) in [6, 6.07) is 97.5. The molecule has 0 bridgehead atoms. The van der Waals surface area contributed by atoms with Crippen LogP contribution < -0.4 is 47.7 Å². The molecule has 9 rings (SSSR count). The van der Waals surface area contributed by atoms with E-state index in [1.54, 1.807) is 0 Å². The summed E-state index contributed by atoms with van der Waals surface area (Å²) in [5, 5.41) is 12.9. The predicted molar refractivity (Wildman–Crippen MR) is 266 cm³/mol. The van der Waals surface area contributed by atoms with E-state index < -0.39 is 23.8 Å². The predicted octanol–water partition coefficient (Wildman–Crippen LogP) is 9.98. The van der Waals surface area contributed by atoms with Gasteiger partial charge in [-0.25, -0.2) is 0 Å². The van der Waals surface area contributed by atoms with Crippen LogP contribution in [0.15, 0.2) is 273 Å². The van der Waals surface area contributed by atoms with E-state index in [-0.39, 0.29) is 29.8 Å². The summed E-state index contributed by atoms with van der Waals surface area (Å²) < 4.78 is 0. The number of rotatable bonds is 9. The molecule has 0 aromatic heterocycles. The molecule has 0 aliphatic carbocycles. The second-order valence-corrected chi connectivity index (χ2v) is 20.9. The molecule has 0 N–H and O–H groups in total. The van der Waals surface area contributed by atoms with Crippen LogP contribution in [-0.4, -0.2) is 0 Å². The van der Waals surface area contributed by atoms with E-state index in [1.807, 2.05) is 0 Å². The zero-order valence-electron chi connectivity index (χ0n) is 33.3. The van der Waals surface area contributed by atoms with Gasteiger partial charge in [0, 0.05) is 0 Å². The second kappa shape index (κ2) is 24.8. The van der Waals surface area contributed by atoms with E-state index in [9.17, 15) is 0 Å². The summed E-state index contributed by atoms with van der Waals surface area (Å²) >= 11 is 0. The number of benzene rings is 9. The Hall–Kier alpha value is -4.99. The first-order valence-corrected chi connectivity index (χ1v) is 23.9. The molecule has 294 valence electrons. The Bertz CT molecular complexity index is 1860. The van der Waals surface area contributed by atoms with Gasteiger partial charge in [-0.05, 0) is 109 Å². The van der Waals surface area contributed by atoms with Crippen LogP contribution in [0.2, 0.25) is 0 Å². The Kier molecular flexibility index (Phi) is 19.0. The number of hydrogen-bond acceptors (Lipinski definition) is 0. The molecule has 59 heavy (non-hydrogen) atoms. The molecule has 0 nitrogen and oxygen atoms in total. The summed E-state index contributed by atoms with van der Waals surface area (Å²) in [6.45, 7) is 0. The van der Waals surface area contributed by atoms with Gasteiger partial charge in [0.05, 0.1) is 23.8 Å². The van der Waals surface area contributed by atoms with Crippen molar-refractivity contribution in [2.24, 2.45) is 0 Å². The molecule has 0 spiro atoms. The molecule has 0 unspecified atom stereocenters. The molecule has 9 aromatic rings. The topological polar surface area (TPSA) is 0 Å². The van der Waals surface area contributed by atoms with Crippen LogP contribution in [0.4, 0.5) is 0 Å². The first-order valence-electron chi connectivity index (χ1n) is 19.4. The second-order valence-electron chi connectivity index (χ2n) is 13.4. The maximum atomic E-state index is 2.24. The van der Waals surface area contributed by atoms with Crippen molar-refractivity contribution >= 4 is 71.5 Å². The molecular weight excluding hydrogens is 861 g/mol. The fourth-order valence-electron chi connectivity index (χ4n) is 6.94. The summed E-state index contributed by atoms with van der Waals surface area (Å²) in [7, 11) is -2.63. The Balaban J connectivity index is 0.000000165. The van der Waals surface area contributed by atoms with E-state index in [0.717, 1.165) is 0 Å². The third-order valence-electron chi connectivity index (χ3n) is 9.56. The van der Waals surface area contributed by atoms with Crippen LogP contribution in [0.25, 0.3) is 0 Å². The normalized spacial score (nSPS) is 10.2. The fourth-order valence-corrected chi connectivity index (χ4v) is 14.7. The van der Waals surface area contributed by atoms with Crippen molar-refractivity contribution in [1.82, 2.24) is 0 Å². The van der Waals surface area contributed by atoms with Crippen molar-refractivity contribution in [2.75, 3.05) is 0 Å². The fraction of sp³-hybridized carbons (Fsp3) is 0. The molecule has 0 saturated heterocycles. The smallest absolute Gasteiger partial charge is 0.358 e. The van der Waals surface area contributed by atoms with E-state index in [2.05, 4.69) is 273 Å². The Morgan fingerprint density at radius 1 is 0.153 bits per heavy atom. The summed E-state index contributed by atoms with van der Waals surface area (Å²) in [4.78, 5) is 0. The molecule has 0 atom stereocenters. The van der Waals surface area contributed by atoms with E-state index in [4.69, 9.17) is 0 Å². The molecule has 4 heteroatoms. The Labute approximate surface area is 371 Å². The SMILES string of the molecule is [Ag+].[CH3-].c1ccc([PH+](c2ccccc2)c2ccccc2)cc1.c1ccc([PH+](c2ccccc2)c2ccccc2)cc1.c1ccc([PH+](c2ccccc2)c2ccccc2)cc1. The van der Waals surface area contributed by atoms with Gasteiger partial charge in [-0.15, -0.1) is 0 Å². The van der Waals surface area contributed by atoms with Gasteiger partial charge in [-0.1, -0.05) is 164 Å². The zero-order chi connectivity index (χ0) is 38.7. The van der Waals surface area contributed by atoms with E-state index in [1.165, 1.54) is 47.7 Å². The Morgan fingerprint density at radius 3 is 0.322 bits per heavy atom. The van der Waals surface area contributed by atoms with Crippen LogP contribution in [0.5, 0.6) is 0 Å². The van der Waals surface area contributed by atoms with Crippen molar-refractivity contribution < 1.29 is 22.4 Å². The van der Waals surface area contributed by atoms with Gasteiger partial charge >= 0.3 is 22.4 Å². The number of hydrogen-bond donors (Lipinski definition) is 0. The maximum Gasteiger partial charge on any atom is 1.00 e. The maximum absolute atomic E-state index is 2.24. The first kappa shape index (κ1) is 45.1. The molecule has 9 aromatic carbocycles. The molecule has 0 amide bonds. The summed E-state index contributed by atoms with van der Waals surface area (Å²) in [6.07, 6.45) is 0. The third-order valence-corrected chi connectivity index (χ3v) is 17.8. The average molecular weight is 913 g/mol. The van der Waals surface area contributed by atoms with Crippen molar-refractivity contribution in [1.29, 1.82) is 0 Å². The molecule has 0 aliphatic rings. The van der Waals surface area contributed by atoms with Crippen LogP contribution in [-0.2, 0) is 22.4 Å². The third kappa shape index (κ3) is 13.0. The molecule has 0 saturated carbocycles. The van der Waals surface area contributed by atoms with E-state index in [0.29, 0.717) is 0 Å². The van der Waals surface area contributed by atoms with Gasteiger partial charge in [0.1, 0.15) is 47.7 Å². The minimum Gasteiger partial charge on any atom is -0.358 e. The zero-order valence-corrected chi connectivity index (χ0v) is 37.8. The van der Waals surface area contributed by atoms with Gasteiger partial charge in [0.15, 0.2) is 0 Å². The largest absolute Gasteiger partial charge is 1.00 e. The van der Waals surface area contributed by atoms with Crippen LogP contribution in [0, 0.1) is 7.43 Å². The molecular formula is C55H51AgP3+3. The quantitative estimate of drug-likeness (QED) is 0.0769. The molecule has 0 heterocycles. The van der Waals surface area contributed by atoms with E-state index >= 15 is 0 Å². The Morgan fingerprint density at radius 2 is 0.237 bits per heavy atom. The first-order chi connectivity index (χ1) is 28.3. The standard InChI is InChI=1S/3C18H15P.CH3.Ag/c3*1-4-10-16(11-5-1)19(17-12-6-2-7-13-17)18-14-8-3-9-15-18;;/h3*1-15H;1H3;/q;;;-1;+1/p+3. The van der Waals surface area contributed by atoms with Gasteiger partial charge in [-0.2, -0.15) is 0 Å². The molecule has 0 aliphatic heterocycles. The summed E-state index contributed by atoms with van der Waals surface area (Å²) in [5.74, 6) is 0. The van der Waals surface area contributed by atoms with Crippen LogP contribution >= 0.6 is 23.8 Å². The minimum atomic E-state index is -0.877. The van der Waals surface area contributed by atoms with Crippen molar-refractivity contribution in [3.8, 4) is 0 Å². The average Bonchev–Trinajstić information content (AvgIpc) is 3.30. The van der Waals surface area contributed by atoms with Crippen molar-refractivity contribution in [3.63, 3.8) is 0 Å². The van der Waals surface area contributed by atoms with Gasteiger partial charge in [-0.3, -0.25) is 0 Å². The van der Waals surface area contributed by atoms with Crippen molar-refractivity contribution in [2.45, 2.75) is 0 Å².